The van der Waals surface area contributed by atoms with Crippen molar-refractivity contribution in [2.75, 3.05) is 30.4 Å². The predicted octanol–water partition coefficient (Wildman–Crippen LogP) is 3.88. The van der Waals surface area contributed by atoms with Crippen LogP contribution in [0, 0.1) is 5.92 Å². The van der Waals surface area contributed by atoms with E-state index in [1.165, 1.54) is 0 Å². The molecule has 1 aliphatic rings. The van der Waals surface area contributed by atoms with E-state index in [0.717, 1.165) is 53.2 Å². The highest BCUT2D eigenvalue weighted by molar-refractivity contribution is 5.93. The molecule has 3 heterocycles. The number of aromatic nitrogens is 4. The van der Waals surface area contributed by atoms with Crippen molar-refractivity contribution in [1.82, 2.24) is 19.9 Å². The zero-order valence-electron chi connectivity index (χ0n) is 17.8. The Balaban J connectivity index is 1.29. The van der Waals surface area contributed by atoms with Crippen LogP contribution in [0.5, 0.6) is 5.75 Å². The zero-order chi connectivity index (χ0) is 21.9. The maximum Gasteiger partial charge on any atom is 0.231 e. The maximum atomic E-state index is 12.9. The molecule has 162 valence electrons. The molecule has 2 aromatic carbocycles. The molecule has 0 saturated carbocycles. The summed E-state index contributed by atoms with van der Waals surface area (Å²) in [5, 5.41) is 2.94. The van der Waals surface area contributed by atoms with Gasteiger partial charge >= 0.3 is 0 Å². The second kappa shape index (κ2) is 8.66. The standard InChI is InChI=1S/C24H24N6O2/c1-32-18-10-8-16(9-11-18)21-13-22(26-15-25-21)30-12-4-5-17(14-30)23(31)29-24-27-19-6-2-3-7-20(19)28-24/h2-3,6-11,13,15,17H,4-5,12,14H2,1H3,(H2,27,28,29,31). The average Bonchev–Trinajstić information content (AvgIpc) is 3.26. The lowest BCUT2D eigenvalue weighted by molar-refractivity contribution is -0.120. The Labute approximate surface area is 185 Å². The molecule has 1 saturated heterocycles. The Bertz CT molecular complexity index is 1200. The third-order valence-corrected chi connectivity index (χ3v) is 5.79. The number of nitrogens with one attached hydrogen (secondary N) is 2. The van der Waals surface area contributed by atoms with Crippen LogP contribution in [0.25, 0.3) is 22.3 Å². The molecule has 1 atom stereocenters. The number of ether oxygens (including phenoxy) is 1. The minimum atomic E-state index is -0.142. The van der Waals surface area contributed by atoms with E-state index in [1.54, 1.807) is 13.4 Å². The fourth-order valence-corrected chi connectivity index (χ4v) is 4.07. The summed E-state index contributed by atoms with van der Waals surface area (Å²) in [6, 6.07) is 17.5. The van der Waals surface area contributed by atoms with Crippen LogP contribution >= 0.6 is 0 Å². The molecule has 2 aromatic heterocycles. The fraction of sp³-hybridized carbons (Fsp3) is 0.250. The van der Waals surface area contributed by atoms with E-state index in [1.807, 2.05) is 54.6 Å². The van der Waals surface area contributed by atoms with Gasteiger partial charge in [0, 0.05) is 24.7 Å². The SMILES string of the molecule is COc1ccc(-c2cc(N3CCCC(C(=O)Nc4nc5ccccc5[nH]4)C3)ncn2)cc1. The van der Waals surface area contributed by atoms with Gasteiger partial charge in [0.1, 0.15) is 17.9 Å². The lowest BCUT2D eigenvalue weighted by atomic mass is 9.97. The van der Waals surface area contributed by atoms with Gasteiger partial charge < -0.3 is 14.6 Å². The summed E-state index contributed by atoms with van der Waals surface area (Å²) in [5.74, 6) is 1.94. The molecule has 0 spiro atoms. The molecule has 1 fully saturated rings. The number of fused-ring (bicyclic) bond motifs is 1. The Hall–Kier alpha value is -3.94. The number of aromatic amines is 1. The summed E-state index contributed by atoms with van der Waals surface area (Å²) >= 11 is 0. The van der Waals surface area contributed by atoms with Crippen molar-refractivity contribution in [1.29, 1.82) is 0 Å². The third kappa shape index (κ3) is 4.12. The summed E-state index contributed by atoms with van der Waals surface area (Å²) in [4.78, 5) is 31.6. The Morgan fingerprint density at radius 3 is 2.81 bits per heavy atom. The van der Waals surface area contributed by atoms with E-state index in [0.29, 0.717) is 12.5 Å². The van der Waals surface area contributed by atoms with Crippen molar-refractivity contribution in [2.45, 2.75) is 12.8 Å². The van der Waals surface area contributed by atoms with Gasteiger partial charge in [-0.1, -0.05) is 12.1 Å². The van der Waals surface area contributed by atoms with Gasteiger partial charge in [0.15, 0.2) is 0 Å². The lowest BCUT2D eigenvalue weighted by Crippen LogP contribution is -2.41. The largest absolute Gasteiger partial charge is 0.497 e. The van der Waals surface area contributed by atoms with E-state index in [9.17, 15) is 4.79 Å². The highest BCUT2D eigenvalue weighted by Gasteiger charge is 2.27. The molecular formula is C24H24N6O2. The number of benzene rings is 2. The quantitative estimate of drug-likeness (QED) is 0.501. The Morgan fingerprint density at radius 2 is 2.00 bits per heavy atom. The van der Waals surface area contributed by atoms with Crippen LogP contribution in [0.3, 0.4) is 0 Å². The number of amides is 1. The average molecular weight is 428 g/mol. The number of hydrogen-bond acceptors (Lipinski definition) is 6. The number of hydrogen-bond donors (Lipinski definition) is 2. The molecular weight excluding hydrogens is 404 g/mol. The molecule has 1 amide bonds. The molecule has 8 heteroatoms. The van der Waals surface area contributed by atoms with Gasteiger partial charge in [0.05, 0.1) is 29.8 Å². The number of methoxy groups -OCH3 is 1. The van der Waals surface area contributed by atoms with Gasteiger partial charge in [-0.15, -0.1) is 0 Å². The summed E-state index contributed by atoms with van der Waals surface area (Å²) < 4.78 is 5.23. The van der Waals surface area contributed by atoms with Crippen LogP contribution in [0.2, 0.25) is 0 Å². The van der Waals surface area contributed by atoms with Crippen molar-refractivity contribution in [2.24, 2.45) is 5.92 Å². The number of carbonyl (C=O) groups is 1. The molecule has 8 nitrogen and oxygen atoms in total. The molecule has 5 rings (SSSR count). The fourth-order valence-electron chi connectivity index (χ4n) is 4.07. The van der Waals surface area contributed by atoms with Gasteiger partial charge in [0.2, 0.25) is 11.9 Å². The number of piperidine rings is 1. The van der Waals surface area contributed by atoms with E-state index < -0.39 is 0 Å². The normalized spacial score (nSPS) is 16.2. The van der Waals surface area contributed by atoms with Crippen molar-refractivity contribution < 1.29 is 9.53 Å². The van der Waals surface area contributed by atoms with Crippen LogP contribution < -0.4 is 15.0 Å². The summed E-state index contributed by atoms with van der Waals surface area (Å²) in [6.07, 6.45) is 3.33. The summed E-state index contributed by atoms with van der Waals surface area (Å²) in [6.45, 7) is 1.46. The lowest BCUT2D eigenvalue weighted by Gasteiger charge is -2.32. The Kier molecular flexibility index (Phi) is 5.41. The zero-order valence-corrected chi connectivity index (χ0v) is 17.8. The summed E-state index contributed by atoms with van der Waals surface area (Å²) in [5.41, 5.74) is 3.57. The van der Waals surface area contributed by atoms with E-state index in [2.05, 4.69) is 30.2 Å². The van der Waals surface area contributed by atoms with E-state index in [4.69, 9.17) is 4.74 Å². The van der Waals surface area contributed by atoms with Gasteiger partial charge in [0.25, 0.3) is 0 Å². The monoisotopic (exact) mass is 428 g/mol. The number of rotatable bonds is 5. The molecule has 0 bridgehead atoms. The number of H-pyrrole nitrogens is 1. The molecule has 0 radical (unpaired) electrons. The molecule has 4 aromatic rings. The highest BCUT2D eigenvalue weighted by atomic mass is 16.5. The Morgan fingerprint density at radius 1 is 1.16 bits per heavy atom. The molecule has 0 aliphatic carbocycles. The van der Waals surface area contributed by atoms with Crippen molar-refractivity contribution in [3.63, 3.8) is 0 Å². The van der Waals surface area contributed by atoms with Crippen LogP contribution in [-0.4, -0.2) is 46.0 Å². The van der Waals surface area contributed by atoms with Gasteiger partial charge in [-0.3, -0.25) is 10.1 Å². The molecule has 1 unspecified atom stereocenters. The smallest absolute Gasteiger partial charge is 0.231 e. The van der Waals surface area contributed by atoms with Crippen LogP contribution in [0.1, 0.15) is 12.8 Å². The second-order valence-electron chi connectivity index (χ2n) is 7.87. The van der Waals surface area contributed by atoms with Crippen LogP contribution in [0.4, 0.5) is 11.8 Å². The van der Waals surface area contributed by atoms with E-state index in [-0.39, 0.29) is 11.8 Å². The minimum absolute atomic E-state index is 0.0295. The number of carbonyl (C=O) groups excluding carboxylic acids is 1. The molecule has 1 aliphatic heterocycles. The van der Waals surface area contributed by atoms with Gasteiger partial charge in [-0.25, -0.2) is 15.0 Å². The number of imidazole rings is 1. The second-order valence-corrected chi connectivity index (χ2v) is 7.87. The summed E-state index contributed by atoms with van der Waals surface area (Å²) in [7, 11) is 1.65. The first kappa shape index (κ1) is 20.0. The molecule has 32 heavy (non-hydrogen) atoms. The van der Waals surface area contributed by atoms with Crippen LogP contribution in [-0.2, 0) is 4.79 Å². The van der Waals surface area contributed by atoms with E-state index >= 15 is 0 Å². The van der Waals surface area contributed by atoms with Crippen molar-refractivity contribution in [3.05, 3.63) is 60.9 Å². The topological polar surface area (TPSA) is 96.0 Å². The van der Waals surface area contributed by atoms with Crippen molar-refractivity contribution >= 4 is 28.7 Å². The van der Waals surface area contributed by atoms with Gasteiger partial charge in [-0.05, 0) is 49.2 Å². The first-order valence-corrected chi connectivity index (χ1v) is 10.7. The third-order valence-electron chi connectivity index (χ3n) is 5.79. The minimum Gasteiger partial charge on any atom is -0.497 e. The van der Waals surface area contributed by atoms with Gasteiger partial charge in [-0.2, -0.15) is 0 Å². The van der Waals surface area contributed by atoms with Crippen LogP contribution in [0.15, 0.2) is 60.9 Å². The first-order chi connectivity index (χ1) is 15.7. The predicted molar refractivity (Wildman–Crippen MR) is 124 cm³/mol. The number of nitrogens with zero attached hydrogens (tertiary/aromatic N) is 4. The highest BCUT2D eigenvalue weighted by Crippen LogP contribution is 2.27. The van der Waals surface area contributed by atoms with Crippen molar-refractivity contribution in [3.8, 4) is 17.0 Å². The maximum absolute atomic E-state index is 12.9. The molecule has 2 N–H and O–H groups in total. The number of para-hydroxylation sites is 2. The number of anilines is 2. The first-order valence-electron chi connectivity index (χ1n) is 10.7.